The maximum Gasteiger partial charge on any atom is 0.303 e. The zero-order chi connectivity index (χ0) is 29.2. The predicted octanol–water partition coefficient (Wildman–Crippen LogP) is 3.63. The zero-order valence-corrected chi connectivity index (χ0v) is 22.3. The number of para-hydroxylation sites is 1. The van der Waals surface area contributed by atoms with Crippen molar-refractivity contribution in [2.45, 2.75) is 38.5 Å². The molecule has 0 aromatic heterocycles. The lowest BCUT2D eigenvalue weighted by Crippen LogP contribution is -2.48. The normalized spacial score (nSPS) is 30.7. The average Bonchev–Trinajstić information content (AvgIpc) is 3.30. The maximum atomic E-state index is 14.7. The van der Waals surface area contributed by atoms with Gasteiger partial charge in [-0.3, -0.25) is 28.9 Å². The molecular formula is C31H29FN2O7. The van der Waals surface area contributed by atoms with E-state index in [2.05, 4.69) is 0 Å². The molecule has 2 N–H and O–H groups in total. The summed E-state index contributed by atoms with van der Waals surface area (Å²) in [5, 5.41) is 18.9. The first-order chi connectivity index (χ1) is 19.6. The van der Waals surface area contributed by atoms with Crippen molar-refractivity contribution in [1.29, 1.82) is 0 Å². The second kappa shape index (κ2) is 9.64. The number of hydrogen-bond acceptors (Lipinski definition) is 6. The van der Waals surface area contributed by atoms with Crippen LogP contribution in [0.5, 0.6) is 5.75 Å². The summed E-state index contributed by atoms with van der Waals surface area (Å²) in [6.45, 7) is 1.70. The SMILES string of the molecule is CC12C(=O)N(c3ccccc3)C(=O)C1CC1C(=CCC3C(=O)N(CCCC(=O)O)C(=O)C31)C2c1ccc(O)c(F)c1. The van der Waals surface area contributed by atoms with E-state index in [1.807, 2.05) is 6.08 Å². The summed E-state index contributed by atoms with van der Waals surface area (Å²) < 4.78 is 14.7. The van der Waals surface area contributed by atoms with Gasteiger partial charge in [0.25, 0.3) is 0 Å². The number of carboxylic acid groups (broad SMARTS) is 1. The molecule has 0 bridgehead atoms. The van der Waals surface area contributed by atoms with E-state index < -0.39 is 70.3 Å². The number of phenolic OH excluding ortho intramolecular Hbond substituents is 1. The monoisotopic (exact) mass is 560 g/mol. The standard InChI is InChI=1S/C31H29FN2O7/c1-31-21(28(39)34(30(31)41)17-6-3-2-4-7-17)15-20-18(26(31)16-9-12-23(35)22(32)14-16)10-11-19-25(20)29(40)33(27(19)38)13-5-8-24(36)37/h2-4,6-7,9-10,12,14,19-21,25-26,35H,5,8,11,13,15H2,1H3,(H,36,37). The van der Waals surface area contributed by atoms with Crippen molar-refractivity contribution in [1.82, 2.24) is 4.90 Å². The number of amides is 4. The smallest absolute Gasteiger partial charge is 0.303 e. The number of allylic oxidation sites excluding steroid dienone is 2. The van der Waals surface area contributed by atoms with E-state index in [1.165, 1.54) is 23.1 Å². The van der Waals surface area contributed by atoms with Crippen LogP contribution in [0.25, 0.3) is 0 Å². The molecule has 6 atom stereocenters. The lowest BCUT2D eigenvalue weighted by atomic mass is 9.51. The molecule has 6 rings (SSSR count). The highest BCUT2D eigenvalue weighted by molar-refractivity contribution is 6.24. The van der Waals surface area contributed by atoms with E-state index in [-0.39, 0.29) is 38.1 Å². The number of benzene rings is 2. The lowest BCUT2D eigenvalue weighted by Gasteiger charge is -2.49. The first-order valence-electron chi connectivity index (χ1n) is 13.7. The Morgan fingerprint density at radius 2 is 1.76 bits per heavy atom. The number of phenols is 1. The van der Waals surface area contributed by atoms with Gasteiger partial charge in [0.05, 0.1) is 28.9 Å². The molecule has 2 aliphatic carbocycles. The van der Waals surface area contributed by atoms with Crippen molar-refractivity contribution in [2.75, 3.05) is 11.4 Å². The number of carboxylic acids is 1. The van der Waals surface area contributed by atoms with Gasteiger partial charge in [-0.25, -0.2) is 9.29 Å². The van der Waals surface area contributed by atoms with Crippen LogP contribution in [0, 0.1) is 34.9 Å². The Bertz CT molecular complexity index is 1520. The van der Waals surface area contributed by atoms with E-state index in [1.54, 1.807) is 37.3 Å². The Hall–Kier alpha value is -4.34. The largest absolute Gasteiger partial charge is 0.505 e. The number of aromatic hydroxyl groups is 1. The van der Waals surface area contributed by atoms with E-state index in [0.717, 1.165) is 4.90 Å². The van der Waals surface area contributed by atoms with Crippen LogP contribution < -0.4 is 4.90 Å². The quantitative estimate of drug-likeness (QED) is 0.407. The third kappa shape index (κ3) is 3.91. The molecule has 1 saturated carbocycles. The summed E-state index contributed by atoms with van der Waals surface area (Å²) >= 11 is 0. The van der Waals surface area contributed by atoms with Crippen molar-refractivity contribution in [3.05, 3.63) is 71.6 Å². The summed E-state index contributed by atoms with van der Waals surface area (Å²) in [6, 6.07) is 12.5. The highest BCUT2D eigenvalue weighted by atomic mass is 19.1. The Kier molecular flexibility index (Phi) is 6.32. The molecule has 9 nitrogen and oxygen atoms in total. The van der Waals surface area contributed by atoms with Crippen LogP contribution in [0.1, 0.15) is 44.1 Å². The molecule has 10 heteroatoms. The van der Waals surface area contributed by atoms with Crippen molar-refractivity contribution in [3.63, 3.8) is 0 Å². The third-order valence-electron chi connectivity index (χ3n) is 9.46. The minimum Gasteiger partial charge on any atom is -0.505 e. The number of carbonyl (C=O) groups is 5. The van der Waals surface area contributed by atoms with Gasteiger partial charge in [0.1, 0.15) is 0 Å². The first kappa shape index (κ1) is 26.9. The number of rotatable bonds is 6. The van der Waals surface area contributed by atoms with Gasteiger partial charge in [-0.2, -0.15) is 0 Å². The predicted molar refractivity (Wildman–Crippen MR) is 143 cm³/mol. The summed E-state index contributed by atoms with van der Waals surface area (Å²) in [4.78, 5) is 68.5. The molecule has 4 amide bonds. The highest BCUT2D eigenvalue weighted by Crippen LogP contribution is 2.63. The molecule has 6 unspecified atom stereocenters. The number of fused-ring (bicyclic) bond motifs is 4. The minimum atomic E-state index is -1.31. The number of imide groups is 2. The molecule has 2 saturated heterocycles. The van der Waals surface area contributed by atoms with Crippen molar-refractivity contribution in [2.24, 2.45) is 29.1 Å². The number of carbonyl (C=O) groups excluding carboxylic acids is 4. The second-order valence-corrected chi connectivity index (χ2v) is 11.5. The summed E-state index contributed by atoms with van der Waals surface area (Å²) in [5.74, 6) is -7.64. The minimum absolute atomic E-state index is 0.00797. The lowest BCUT2D eigenvalue weighted by molar-refractivity contribution is -0.142. The molecule has 2 aliphatic heterocycles. The molecule has 3 fully saturated rings. The number of anilines is 1. The van der Waals surface area contributed by atoms with Gasteiger partial charge in [0.15, 0.2) is 11.6 Å². The topological polar surface area (TPSA) is 132 Å². The average molecular weight is 561 g/mol. The Morgan fingerprint density at radius 3 is 2.44 bits per heavy atom. The molecular weight excluding hydrogens is 531 g/mol. The van der Waals surface area contributed by atoms with Gasteiger partial charge >= 0.3 is 5.97 Å². The van der Waals surface area contributed by atoms with Crippen LogP contribution >= 0.6 is 0 Å². The van der Waals surface area contributed by atoms with Crippen LogP contribution in [-0.2, 0) is 24.0 Å². The summed E-state index contributed by atoms with van der Waals surface area (Å²) in [7, 11) is 0. The molecule has 4 aliphatic rings. The van der Waals surface area contributed by atoms with Gasteiger partial charge < -0.3 is 10.2 Å². The fourth-order valence-corrected chi connectivity index (χ4v) is 7.60. The Balaban J connectivity index is 1.45. The number of hydrogen-bond donors (Lipinski definition) is 2. The number of halogens is 1. The van der Waals surface area contributed by atoms with Crippen LogP contribution in [0.3, 0.4) is 0 Å². The van der Waals surface area contributed by atoms with E-state index in [0.29, 0.717) is 16.8 Å². The van der Waals surface area contributed by atoms with E-state index in [4.69, 9.17) is 5.11 Å². The van der Waals surface area contributed by atoms with Gasteiger partial charge in [-0.05, 0) is 61.9 Å². The molecule has 2 aromatic carbocycles. The van der Waals surface area contributed by atoms with Crippen LogP contribution in [0.15, 0.2) is 60.2 Å². The van der Waals surface area contributed by atoms with E-state index in [9.17, 15) is 33.5 Å². The Morgan fingerprint density at radius 1 is 1.02 bits per heavy atom. The van der Waals surface area contributed by atoms with Crippen molar-refractivity contribution < 1.29 is 38.6 Å². The zero-order valence-electron chi connectivity index (χ0n) is 22.3. The van der Waals surface area contributed by atoms with E-state index >= 15 is 0 Å². The Labute approximate surface area is 235 Å². The van der Waals surface area contributed by atoms with Crippen molar-refractivity contribution in [3.8, 4) is 5.75 Å². The van der Waals surface area contributed by atoms with Gasteiger partial charge in [-0.1, -0.05) is 35.9 Å². The number of likely N-dealkylation sites (tertiary alicyclic amines) is 1. The molecule has 41 heavy (non-hydrogen) atoms. The highest BCUT2D eigenvalue weighted by Gasteiger charge is 2.67. The summed E-state index contributed by atoms with van der Waals surface area (Å²) in [5.41, 5.74) is 0.214. The molecule has 2 heterocycles. The fraction of sp³-hybridized carbons (Fsp3) is 0.387. The maximum absolute atomic E-state index is 14.7. The van der Waals surface area contributed by atoms with Crippen LogP contribution in [-0.4, -0.2) is 51.3 Å². The number of nitrogens with zero attached hydrogens (tertiary/aromatic N) is 2. The van der Waals surface area contributed by atoms with Gasteiger partial charge in [0, 0.05) is 18.9 Å². The third-order valence-corrected chi connectivity index (χ3v) is 9.46. The van der Waals surface area contributed by atoms with Gasteiger partial charge in [-0.15, -0.1) is 0 Å². The van der Waals surface area contributed by atoms with Crippen LogP contribution in [0.2, 0.25) is 0 Å². The molecule has 0 spiro atoms. The van der Waals surface area contributed by atoms with Gasteiger partial charge in [0.2, 0.25) is 23.6 Å². The molecule has 2 aromatic rings. The molecule has 0 radical (unpaired) electrons. The second-order valence-electron chi connectivity index (χ2n) is 11.5. The molecule has 212 valence electrons. The number of aliphatic carboxylic acids is 1. The summed E-state index contributed by atoms with van der Waals surface area (Å²) in [6.07, 6.45) is 2.21. The van der Waals surface area contributed by atoms with Crippen LogP contribution in [0.4, 0.5) is 10.1 Å². The first-order valence-corrected chi connectivity index (χ1v) is 13.7. The fourth-order valence-electron chi connectivity index (χ4n) is 7.60. The van der Waals surface area contributed by atoms with Crippen molar-refractivity contribution >= 4 is 35.3 Å².